The molecule has 0 aliphatic carbocycles. The van der Waals surface area contributed by atoms with Crippen LogP contribution in [0.5, 0.6) is 0 Å². The maximum atomic E-state index is 2.39. The largest absolute Gasteiger partial charge is 0.311 e. The van der Waals surface area contributed by atoms with Gasteiger partial charge in [0.05, 0.1) is 0 Å². The molecule has 0 bridgehead atoms. The van der Waals surface area contributed by atoms with Crippen LogP contribution >= 0.6 is 0 Å². The first-order chi connectivity index (χ1) is 31.7. The summed E-state index contributed by atoms with van der Waals surface area (Å²) in [6.07, 6.45) is 0. The SMILES string of the molecule is c1ccc(-c2cc(-c3ccc(N(c4ccc(-c5ccc6ccccc6c5)cc4)c4ccc([Si](c5ccccc5)(c5ccccc5)c5ccccc5)cc4)cc3)cc3ccccc23)cc1. The number of nitrogens with zero attached hydrogens (tertiary/aromatic N) is 1. The predicted molar refractivity (Wildman–Crippen MR) is 276 cm³/mol. The summed E-state index contributed by atoms with van der Waals surface area (Å²) in [5.74, 6) is 0. The number of hydrogen-bond donors (Lipinski definition) is 0. The predicted octanol–water partition coefficient (Wildman–Crippen LogP) is 13.8. The zero-order valence-electron chi connectivity index (χ0n) is 35.4. The third-order valence-electron chi connectivity index (χ3n) is 12.8. The highest BCUT2D eigenvalue weighted by molar-refractivity contribution is 7.19. The van der Waals surface area contributed by atoms with Crippen molar-refractivity contribution in [1.29, 1.82) is 0 Å². The van der Waals surface area contributed by atoms with Crippen LogP contribution in [0, 0.1) is 0 Å². The summed E-state index contributed by atoms with van der Waals surface area (Å²) >= 11 is 0. The molecule has 11 aromatic carbocycles. The highest BCUT2D eigenvalue weighted by Crippen LogP contribution is 2.39. The van der Waals surface area contributed by atoms with Crippen LogP contribution in [0.1, 0.15) is 0 Å². The van der Waals surface area contributed by atoms with Crippen LogP contribution in [-0.4, -0.2) is 8.07 Å². The van der Waals surface area contributed by atoms with E-state index in [-0.39, 0.29) is 0 Å². The average Bonchev–Trinajstić information content (AvgIpc) is 3.38. The molecule has 2 heteroatoms. The third-order valence-corrected chi connectivity index (χ3v) is 17.6. The number of hydrogen-bond acceptors (Lipinski definition) is 1. The van der Waals surface area contributed by atoms with Gasteiger partial charge in [-0.25, -0.2) is 0 Å². The molecule has 0 amide bonds. The van der Waals surface area contributed by atoms with Gasteiger partial charge in [0.2, 0.25) is 0 Å². The molecule has 0 atom stereocenters. The Morgan fingerprint density at radius 1 is 0.234 bits per heavy atom. The minimum absolute atomic E-state index is 1.09. The molecule has 0 fully saturated rings. The number of benzene rings is 11. The average molecular weight is 832 g/mol. The third kappa shape index (κ3) is 7.20. The van der Waals surface area contributed by atoms with Crippen molar-refractivity contribution in [2.24, 2.45) is 0 Å². The summed E-state index contributed by atoms with van der Waals surface area (Å²) in [7, 11) is -2.69. The summed E-state index contributed by atoms with van der Waals surface area (Å²) in [6, 6.07) is 100. The van der Waals surface area contributed by atoms with E-state index in [0.29, 0.717) is 0 Å². The first-order valence-electron chi connectivity index (χ1n) is 22.1. The van der Waals surface area contributed by atoms with Gasteiger partial charge < -0.3 is 4.90 Å². The van der Waals surface area contributed by atoms with Crippen molar-refractivity contribution in [2.75, 3.05) is 4.90 Å². The van der Waals surface area contributed by atoms with Gasteiger partial charge in [-0.3, -0.25) is 0 Å². The number of anilines is 3. The minimum atomic E-state index is -2.69. The minimum Gasteiger partial charge on any atom is -0.311 e. The maximum absolute atomic E-state index is 2.69. The first-order valence-corrected chi connectivity index (χ1v) is 24.1. The van der Waals surface area contributed by atoms with E-state index in [4.69, 9.17) is 0 Å². The molecule has 11 aromatic rings. The highest BCUT2D eigenvalue weighted by atomic mass is 28.3. The molecular formula is C62H45NSi. The van der Waals surface area contributed by atoms with E-state index in [2.05, 4.69) is 278 Å². The van der Waals surface area contributed by atoms with Crippen LogP contribution in [0.15, 0.2) is 273 Å². The second kappa shape index (κ2) is 17.0. The second-order valence-electron chi connectivity index (χ2n) is 16.5. The Labute approximate surface area is 376 Å². The van der Waals surface area contributed by atoms with Gasteiger partial charge >= 0.3 is 0 Å². The summed E-state index contributed by atoms with van der Waals surface area (Å²) < 4.78 is 0. The van der Waals surface area contributed by atoms with Gasteiger partial charge in [-0.15, -0.1) is 0 Å². The Morgan fingerprint density at radius 2 is 0.625 bits per heavy atom. The van der Waals surface area contributed by atoms with Gasteiger partial charge in [-0.2, -0.15) is 0 Å². The molecular weight excluding hydrogens is 787 g/mol. The standard InChI is InChI=1S/C62H45NSi/c1-5-18-49(19-6-1)62-45-53(44-52-21-15-16-28-61(52)62)48-33-37-55(38-34-48)63(54-35-31-47(32-36-54)51-30-29-46-17-13-14-20-50(46)43-51)56-39-41-60(42-40-56)64(57-22-7-2-8-23-57,58-24-9-3-10-25-58)59-26-11-4-12-27-59/h1-45H. The van der Waals surface area contributed by atoms with Crippen LogP contribution in [-0.2, 0) is 0 Å². The van der Waals surface area contributed by atoms with Crippen LogP contribution in [0.25, 0.3) is 54.9 Å². The fourth-order valence-electron chi connectivity index (χ4n) is 9.68. The number of rotatable bonds is 10. The van der Waals surface area contributed by atoms with Gasteiger partial charge in [-0.05, 0) is 130 Å². The van der Waals surface area contributed by atoms with Gasteiger partial charge in [0.1, 0.15) is 0 Å². The summed E-state index contributed by atoms with van der Waals surface area (Å²) in [5, 5.41) is 10.4. The smallest absolute Gasteiger partial charge is 0.179 e. The fraction of sp³-hybridized carbons (Fsp3) is 0. The van der Waals surface area contributed by atoms with Crippen LogP contribution in [0.3, 0.4) is 0 Å². The van der Waals surface area contributed by atoms with Crippen molar-refractivity contribution in [3.8, 4) is 33.4 Å². The van der Waals surface area contributed by atoms with Crippen molar-refractivity contribution in [1.82, 2.24) is 0 Å². The first kappa shape index (κ1) is 38.8. The molecule has 0 aliphatic heterocycles. The van der Waals surface area contributed by atoms with Gasteiger partial charge in [0.25, 0.3) is 0 Å². The quantitative estimate of drug-likeness (QED) is 0.0980. The second-order valence-corrected chi connectivity index (χ2v) is 20.3. The molecule has 11 rings (SSSR count). The van der Waals surface area contributed by atoms with E-state index in [1.165, 1.54) is 75.7 Å². The van der Waals surface area contributed by atoms with Gasteiger partial charge in [0.15, 0.2) is 8.07 Å². The topological polar surface area (TPSA) is 3.24 Å². The molecule has 0 aromatic heterocycles. The van der Waals surface area contributed by atoms with E-state index in [0.717, 1.165) is 17.1 Å². The molecule has 302 valence electrons. The highest BCUT2D eigenvalue weighted by Gasteiger charge is 2.41. The monoisotopic (exact) mass is 831 g/mol. The lowest BCUT2D eigenvalue weighted by Crippen LogP contribution is -2.74. The Kier molecular flexibility index (Phi) is 10.3. The Bertz CT molecular complexity index is 3230. The van der Waals surface area contributed by atoms with E-state index < -0.39 is 8.07 Å². The van der Waals surface area contributed by atoms with E-state index in [1.807, 2.05) is 0 Å². The van der Waals surface area contributed by atoms with E-state index >= 15 is 0 Å². The number of fused-ring (bicyclic) bond motifs is 2. The van der Waals surface area contributed by atoms with Crippen molar-refractivity contribution in [2.45, 2.75) is 0 Å². The van der Waals surface area contributed by atoms with Crippen LogP contribution in [0.2, 0.25) is 0 Å². The molecule has 64 heavy (non-hydrogen) atoms. The summed E-state index contributed by atoms with van der Waals surface area (Å²) in [5.41, 5.74) is 10.5. The molecule has 0 aliphatic rings. The molecule has 0 unspecified atom stereocenters. The van der Waals surface area contributed by atoms with Crippen molar-refractivity contribution in [3.63, 3.8) is 0 Å². The van der Waals surface area contributed by atoms with Gasteiger partial charge in [0, 0.05) is 17.1 Å². The molecule has 0 saturated carbocycles. The Hall–Kier alpha value is -8.04. The molecule has 0 radical (unpaired) electrons. The van der Waals surface area contributed by atoms with E-state index in [9.17, 15) is 0 Å². The fourth-order valence-corrected chi connectivity index (χ4v) is 14.4. The molecule has 0 N–H and O–H groups in total. The van der Waals surface area contributed by atoms with Crippen LogP contribution < -0.4 is 25.6 Å². The van der Waals surface area contributed by atoms with Crippen molar-refractivity contribution in [3.05, 3.63) is 273 Å². The summed E-state index contributed by atoms with van der Waals surface area (Å²) in [4.78, 5) is 2.39. The lowest BCUT2D eigenvalue weighted by atomic mass is 9.93. The zero-order valence-corrected chi connectivity index (χ0v) is 36.4. The molecule has 0 spiro atoms. The lowest BCUT2D eigenvalue weighted by molar-refractivity contribution is 1.28. The normalized spacial score (nSPS) is 11.4. The zero-order chi connectivity index (χ0) is 42.7. The maximum Gasteiger partial charge on any atom is 0.179 e. The van der Waals surface area contributed by atoms with Gasteiger partial charge in [-0.1, -0.05) is 218 Å². The molecule has 1 nitrogen and oxygen atoms in total. The van der Waals surface area contributed by atoms with E-state index in [1.54, 1.807) is 0 Å². The van der Waals surface area contributed by atoms with Crippen molar-refractivity contribution < 1.29 is 0 Å². The molecule has 0 heterocycles. The summed E-state index contributed by atoms with van der Waals surface area (Å²) in [6.45, 7) is 0. The Morgan fingerprint density at radius 3 is 1.17 bits per heavy atom. The van der Waals surface area contributed by atoms with Crippen molar-refractivity contribution >= 4 is 67.4 Å². The lowest BCUT2D eigenvalue weighted by Gasteiger charge is -2.35. The molecule has 0 saturated heterocycles. The van der Waals surface area contributed by atoms with Crippen LogP contribution in [0.4, 0.5) is 17.1 Å². The Balaban J connectivity index is 1.03.